The number of aromatic nitrogens is 1. The zero-order valence-corrected chi connectivity index (χ0v) is 11.9. The fourth-order valence-corrected chi connectivity index (χ4v) is 2.26. The number of hydrogen-bond donors (Lipinski definition) is 1. The third kappa shape index (κ3) is 2.67. The van der Waals surface area contributed by atoms with Crippen LogP contribution in [0.1, 0.15) is 17.0 Å². The van der Waals surface area contributed by atoms with Gasteiger partial charge in [-0.3, -0.25) is 4.79 Å². The molecule has 1 aromatic heterocycles. The van der Waals surface area contributed by atoms with E-state index in [9.17, 15) is 15.2 Å². The Hall–Kier alpha value is -2.58. The molecule has 1 aromatic carbocycles. The molecule has 0 spiro atoms. The third-order valence-corrected chi connectivity index (χ3v) is 3.50. The lowest BCUT2D eigenvalue weighted by molar-refractivity contribution is -0.139. The molecule has 2 aromatic rings. The van der Waals surface area contributed by atoms with E-state index in [-0.39, 0.29) is 12.4 Å². The predicted octanol–water partition coefficient (Wildman–Crippen LogP) is 1.50. The number of nitrogens with zero attached hydrogens (tertiary/aromatic N) is 2. The van der Waals surface area contributed by atoms with E-state index in [0.717, 1.165) is 0 Å². The van der Waals surface area contributed by atoms with Crippen molar-refractivity contribution in [3.8, 4) is 6.07 Å². The van der Waals surface area contributed by atoms with Crippen molar-refractivity contribution in [2.45, 2.75) is 12.0 Å². The Bertz CT molecular complexity index is 685. The van der Waals surface area contributed by atoms with Gasteiger partial charge in [0.2, 0.25) is 5.60 Å². The number of aliphatic hydroxyl groups is 1. The number of rotatable bonds is 4. The molecule has 0 bridgehead atoms. The quantitative estimate of drug-likeness (QED) is 0.682. The molecule has 108 valence electrons. The molecule has 0 fully saturated rings. The molecule has 0 aliphatic rings. The maximum absolute atomic E-state index is 11.4. The SMILES string of the molecule is COC(=O)Cc1ccc(C(O)(C#N)c2ccccc2)n1C. The molecule has 5 heteroatoms. The summed E-state index contributed by atoms with van der Waals surface area (Å²) in [4.78, 5) is 11.4. The van der Waals surface area contributed by atoms with Crippen LogP contribution in [0, 0.1) is 11.3 Å². The number of benzene rings is 1. The van der Waals surface area contributed by atoms with Gasteiger partial charge in [0, 0.05) is 18.3 Å². The lowest BCUT2D eigenvalue weighted by atomic mass is 9.92. The summed E-state index contributed by atoms with van der Waals surface area (Å²) < 4.78 is 6.28. The average Bonchev–Trinajstić information content (AvgIpc) is 2.88. The van der Waals surface area contributed by atoms with Gasteiger partial charge in [0.25, 0.3) is 0 Å². The Balaban J connectivity index is 2.45. The molecule has 1 heterocycles. The van der Waals surface area contributed by atoms with Gasteiger partial charge in [-0.1, -0.05) is 30.3 Å². The highest BCUT2D eigenvalue weighted by Crippen LogP contribution is 2.30. The summed E-state index contributed by atoms with van der Waals surface area (Å²) in [6.45, 7) is 0. The highest BCUT2D eigenvalue weighted by molar-refractivity contribution is 5.72. The van der Waals surface area contributed by atoms with Gasteiger partial charge >= 0.3 is 5.97 Å². The molecular formula is C16H16N2O3. The lowest BCUT2D eigenvalue weighted by Crippen LogP contribution is -2.28. The topological polar surface area (TPSA) is 75.2 Å². The van der Waals surface area contributed by atoms with E-state index in [1.165, 1.54) is 7.11 Å². The summed E-state index contributed by atoms with van der Waals surface area (Å²) in [7, 11) is 3.03. The molecule has 5 nitrogen and oxygen atoms in total. The summed E-state index contributed by atoms with van der Waals surface area (Å²) in [5.74, 6) is -0.372. The van der Waals surface area contributed by atoms with Gasteiger partial charge in [0.05, 0.1) is 19.2 Å². The fourth-order valence-electron chi connectivity index (χ4n) is 2.26. The van der Waals surface area contributed by atoms with E-state index >= 15 is 0 Å². The second kappa shape index (κ2) is 5.81. The van der Waals surface area contributed by atoms with E-state index in [1.54, 1.807) is 48.0 Å². The first-order valence-corrected chi connectivity index (χ1v) is 6.44. The number of carbonyl (C=O) groups is 1. The van der Waals surface area contributed by atoms with Crippen molar-refractivity contribution < 1.29 is 14.6 Å². The Morgan fingerprint density at radius 2 is 2.00 bits per heavy atom. The van der Waals surface area contributed by atoms with Crippen LogP contribution in [0.3, 0.4) is 0 Å². The molecule has 0 aliphatic heterocycles. The van der Waals surface area contributed by atoms with Crippen molar-refractivity contribution >= 4 is 5.97 Å². The zero-order valence-electron chi connectivity index (χ0n) is 11.9. The minimum absolute atomic E-state index is 0.0866. The molecule has 1 N–H and O–H groups in total. The van der Waals surface area contributed by atoms with Gasteiger partial charge in [-0.2, -0.15) is 5.26 Å². The van der Waals surface area contributed by atoms with Crippen molar-refractivity contribution in [3.05, 3.63) is 59.4 Å². The van der Waals surface area contributed by atoms with Crippen LogP contribution in [-0.2, 0) is 28.6 Å². The highest BCUT2D eigenvalue weighted by Gasteiger charge is 2.34. The van der Waals surface area contributed by atoms with E-state index in [0.29, 0.717) is 17.0 Å². The largest absolute Gasteiger partial charge is 0.469 e. The van der Waals surface area contributed by atoms with Gasteiger partial charge < -0.3 is 14.4 Å². The zero-order chi connectivity index (χ0) is 15.5. The van der Waals surface area contributed by atoms with Gasteiger partial charge in [0.15, 0.2) is 0 Å². The van der Waals surface area contributed by atoms with Crippen LogP contribution in [0.2, 0.25) is 0 Å². The minimum Gasteiger partial charge on any atom is -0.469 e. The molecule has 0 aliphatic carbocycles. The second-order valence-corrected chi connectivity index (χ2v) is 4.71. The summed E-state index contributed by atoms with van der Waals surface area (Å²) >= 11 is 0. The normalized spacial score (nSPS) is 13.2. The summed E-state index contributed by atoms with van der Waals surface area (Å²) in [6, 6.07) is 14.0. The Labute approximate surface area is 123 Å². The number of ether oxygens (including phenoxy) is 1. The Kier molecular flexibility index (Phi) is 4.10. The van der Waals surface area contributed by atoms with E-state index in [2.05, 4.69) is 4.74 Å². The molecular weight excluding hydrogens is 268 g/mol. The number of nitriles is 1. The third-order valence-electron chi connectivity index (χ3n) is 3.50. The fraction of sp³-hybridized carbons (Fsp3) is 0.250. The Morgan fingerprint density at radius 1 is 1.33 bits per heavy atom. The summed E-state index contributed by atoms with van der Waals surface area (Å²) in [5.41, 5.74) is -0.195. The lowest BCUT2D eigenvalue weighted by Gasteiger charge is -2.22. The first-order chi connectivity index (χ1) is 10.0. The predicted molar refractivity (Wildman–Crippen MR) is 76.2 cm³/mol. The van der Waals surface area contributed by atoms with Crippen LogP contribution in [0.4, 0.5) is 0 Å². The standard InChI is InChI=1S/C16H16N2O3/c1-18-13(10-15(19)21-2)8-9-14(18)16(20,11-17)12-6-4-3-5-7-12/h3-9,20H,10H2,1-2H3. The average molecular weight is 284 g/mol. The highest BCUT2D eigenvalue weighted by atomic mass is 16.5. The van der Waals surface area contributed by atoms with Crippen LogP contribution >= 0.6 is 0 Å². The number of methoxy groups -OCH3 is 1. The molecule has 0 saturated heterocycles. The van der Waals surface area contributed by atoms with Gasteiger partial charge in [-0.15, -0.1) is 0 Å². The molecule has 21 heavy (non-hydrogen) atoms. The molecule has 1 atom stereocenters. The summed E-state index contributed by atoms with van der Waals surface area (Å²) in [5, 5.41) is 20.2. The monoisotopic (exact) mass is 284 g/mol. The van der Waals surface area contributed by atoms with Gasteiger partial charge in [0.1, 0.15) is 6.07 Å². The van der Waals surface area contributed by atoms with Crippen LogP contribution in [0.15, 0.2) is 42.5 Å². The van der Waals surface area contributed by atoms with Gasteiger partial charge in [-0.05, 0) is 12.1 Å². The van der Waals surface area contributed by atoms with Gasteiger partial charge in [-0.25, -0.2) is 0 Å². The molecule has 0 saturated carbocycles. The molecule has 2 rings (SSSR count). The molecule has 0 amide bonds. The van der Waals surface area contributed by atoms with Crippen LogP contribution in [-0.4, -0.2) is 22.8 Å². The molecule has 1 unspecified atom stereocenters. The first-order valence-electron chi connectivity index (χ1n) is 6.44. The van der Waals surface area contributed by atoms with Crippen molar-refractivity contribution in [1.82, 2.24) is 4.57 Å². The maximum Gasteiger partial charge on any atom is 0.311 e. The van der Waals surface area contributed by atoms with Crippen LogP contribution < -0.4 is 0 Å². The number of carbonyl (C=O) groups excluding carboxylic acids is 1. The first kappa shape index (κ1) is 14.8. The van der Waals surface area contributed by atoms with Crippen molar-refractivity contribution in [2.75, 3.05) is 7.11 Å². The van der Waals surface area contributed by atoms with Crippen molar-refractivity contribution in [3.63, 3.8) is 0 Å². The number of hydrogen-bond acceptors (Lipinski definition) is 4. The van der Waals surface area contributed by atoms with E-state index in [4.69, 9.17) is 0 Å². The van der Waals surface area contributed by atoms with Crippen molar-refractivity contribution in [2.24, 2.45) is 7.05 Å². The number of esters is 1. The van der Waals surface area contributed by atoms with Crippen molar-refractivity contribution in [1.29, 1.82) is 5.26 Å². The maximum atomic E-state index is 11.4. The van der Waals surface area contributed by atoms with E-state index < -0.39 is 5.60 Å². The summed E-state index contributed by atoms with van der Waals surface area (Å²) in [6.07, 6.45) is 0.0866. The Morgan fingerprint density at radius 3 is 2.57 bits per heavy atom. The second-order valence-electron chi connectivity index (χ2n) is 4.71. The van der Waals surface area contributed by atoms with Crippen LogP contribution in [0.5, 0.6) is 0 Å². The minimum atomic E-state index is -1.76. The smallest absolute Gasteiger partial charge is 0.311 e. The van der Waals surface area contributed by atoms with E-state index in [1.807, 2.05) is 12.1 Å². The molecule has 0 radical (unpaired) electrons. The van der Waals surface area contributed by atoms with Crippen LogP contribution in [0.25, 0.3) is 0 Å².